The summed E-state index contributed by atoms with van der Waals surface area (Å²) in [6.45, 7) is 8.11. The van der Waals surface area contributed by atoms with Gasteiger partial charge in [0.1, 0.15) is 0 Å². The first-order valence-electron chi connectivity index (χ1n) is 6.53. The Bertz CT molecular complexity index is 422. The summed E-state index contributed by atoms with van der Waals surface area (Å²) in [5, 5.41) is 0.155. The number of anilines is 1. The summed E-state index contributed by atoms with van der Waals surface area (Å²) < 4.78 is 11.1. The third kappa shape index (κ3) is 3.91. The number of nitrogens with zero attached hydrogens (tertiary/aromatic N) is 4. The fourth-order valence-corrected chi connectivity index (χ4v) is 2.21. The van der Waals surface area contributed by atoms with Crippen LogP contribution in [0, 0.1) is 0 Å². The van der Waals surface area contributed by atoms with Gasteiger partial charge >= 0.3 is 6.01 Å². The predicted octanol–water partition coefficient (Wildman–Crippen LogP) is 1.93. The Hall–Kier alpha value is -1.14. The topological polar surface area (TPSA) is 60.4 Å². The Morgan fingerprint density at radius 1 is 1.26 bits per heavy atom. The minimum Gasteiger partial charge on any atom is -0.463 e. The second kappa shape index (κ2) is 6.34. The first-order chi connectivity index (χ1) is 9.08. The Morgan fingerprint density at radius 2 is 1.95 bits per heavy atom. The number of morpholine rings is 1. The van der Waals surface area contributed by atoms with Gasteiger partial charge in [0.15, 0.2) is 0 Å². The summed E-state index contributed by atoms with van der Waals surface area (Å²) in [6.07, 6.45) is 1.17. The number of halogens is 1. The quantitative estimate of drug-likeness (QED) is 0.843. The molecule has 0 radical (unpaired) electrons. The number of hydrogen-bond acceptors (Lipinski definition) is 6. The summed E-state index contributed by atoms with van der Waals surface area (Å²) in [4.78, 5) is 14.5. The van der Waals surface area contributed by atoms with Crippen LogP contribution in [0.3, 0.4) is 0 Å². The third-order valence-corrected chi connectivity index (χ3v) is 2.88. The van der Waals surface area contributed by atoms with Gasteiger partial charge < -0.3 is 14.4 Å². The second-order valence-corrected chi connectivity index (χ2v) is 5.04. The molecule has 2 rings (SSSR count). The maximum absolute atomic E-state index is 5.92. The number of hydrogen-bond donors (Lipinski definition) is 0. The minimum atomic E-state index is 0.138. The van der Waals surface area contributed by atoms with Gasteiger partial charge in [-0.2, -0.15) is 15.0 Å². The maximum atomic E-state index is 5.92. The van der Waals surface area contributed by atoms with E-state index in [1.54, 1.807) is 0 Å². The van der Waals surface area contributed by atoms with Crippen molar-refractivity contribution in [2.24, 2.45) is 0 Å². The molecular weight excluding hydrogens is 268 g/mol. The van der Waals surface area contributed by atoms with Crippen molar-refractivity contribution < 1.29 is 9.47 Å². The van der Waals surface area contributed by atoms with E-state index in [0.29, 0.717) is 12.6 Å². The highest BCUT2D eigenvalue weighted by Crippen LogP contribution is 2.19. The largest absolute Gasteiger partial charge is 0.463 e. The first-order valence-corrected chi connectivity index (χ1v) is 6.91. The molecule has 2 atom stereocenters. The lowest BCUT2D eigenvalue weighted by atomic mass is 10.2. The maximum Gasteiger partial charge on any atom is 0.322 e. The van der Waals surface area contributed by atoms with E-state index in [4.69, 9.17) is 21.1 Å². The molecule has 2 heterocycles. The highest BCUT2D eigenvalue weighted by atomic mass is 35.5. The van der Waals surface area contributed by atoms with E-state index < -0.39 is 0 Å². The van der Waals surface area contributed by atoms with Crippen LogP contribution in [0.5, 0.6) is 6.01 Å². The van der Waals surface area contributed by atoms with Gasteiger partial charge in [-0.1, -0.05) is 6.92 Å². The molecule has 7 heteroatoms. The fraction of sp³-hybridized carbons (Fsp3) is 0.750. The van der Waals surface area contributed by atoms with Crippen molar-refractivity contribution in [2.45, 2.75) is 39.4 Å². The van der Waals surface area contributed by atoms with Crippen molar-refractivity contribution >= 4 is 17.5 Å². The zero-order valence-corrected chi connectivity index (χ0v) is 12.2. The van der Waals surface area contributed by atoms with Crippen LogP contribution >= 0.6 is 11.6 Å². The summed E-state index contributed by atoms with van der Waals surface area (Å²) in [7, 11) is 0. The molecule has 106 valence electrons. The van der Waals surface area contributed by atoms with Gasteiger partial charge in [-0.15, -0.1) is 0 Å². The fourth-order valence-electron chi connectivity index (χ4n) is 2.06. The third-order valence-electron chi connectivity index (χ3n) is 2.71. The molecule has 0 saturated carbocycles. The Labute approximate surface area is 118 Å². The monoisotopic (exact) mass is 286 g/mol. The summed E-state index contributed by atoms with van der Waals surface area (Å²) in [6, 6.07) is 0.281. The minimum absolute atomic E-state index is 0.138. The lowest BCUT2D eigenvalue weighted by molar-refractivity contribution is -0.00578. The van der Waals surface area contributed by atoms with Gasteiger partial charge in [-0.25, -0.2) is 0 Å². The van der Waals surface area contributed by atoms with Gasteiger partial charge in [0.2, 0.25) is 11.2 Å². The van der Waals surface area contributed by atoms with Gasteiger partial charge in [0.25, 0.3) is 0 Å². The standard InChI is InChI=1S/C12H19ClN4O2/c1-4-5-18-12-15-10(13)14-11(16-12)17-6-8(2)19-9(3)7-17/h8-9H,4-7H2,1-3H3/t8-,9+. The lowest BCUT2D eigenvalue weighted by Crippen LogP contribution is -2.46. The first kappa shape index (κ1) is 14.3. The van der Waals surface area contributed by atoms with Crippen molar-refractivity contribution in [3.8, 4) is 6.01 Å². The van der Waals surface area contributed by atoms with E-state index in [1.165, 1.54) is 0 Å². The molecule has 0 N–H and O–H groups in total. The number of ether oxygens (including phenoxy) is 2. The SMILES string of the molecule is CCCOc1nc(Cl)nc(N2C[C@@H](C)O[C@@H](C)C2)n1. The van der Waals surface area contributed by atoms with Gasteiger partial charge in [0.05, 0.1) is 18.8 Å². The lowest BCUT2D eigenvalue weighted by Gasteiger charge is -2.35. The molecule has 1 aromatic heterocycles. The van der Waals surface area contributed by atoms with E-state index in [0.717, 1.165) is 19.5 Å². The van der Waals surface area contributed by atoms with Gasteiger partial charge in [0, 0.05) is 13.1 Å². The van der Waals surface area contributed by atoms with Crippen LogP contribution in [-0.2, 0) is 4.74 Å². The van der Waals surface area contributed by atoms with E-state index in [9.17, 15) is 0 Å². The normalized spacial score (nSPS) is 23.5. The Kier molecular flexibility index (Phi) is 4.76. The van der Waals surface area contributed by atoms with E-state index in [1.807, 2.05) is 25.7 Å². The molecule has 1 fully saturated rings. The van der Waals surface area contributed by atoms with Crippen LogP contribution in [0.4, 0.5) is 5.95 Å². The summed E-state index contributed by atoms with van der Waals surface area (Å²) in [5.74, 6) is 0.549. The molecule has 0 spiro atoms. The summed E-state index contributed by atoms with van der Waals surface area (Å²) >= 11 is 5.92. The number of rotatable bonds is 4. The van der Waals surface area contributed by atoms with Crippen molar-refractivity contribution in [2.75, 3.05) is 24.6 Å². The van der Waals surface area contributed by atoms with E-state index >= 15 is 0 Å². The molecule has 0 aromatic carbocycles. The predicted molar refractivity (Wildman–Crippen MR) is 72.8 cm³/mol. The molecule has 1 aliphatic rings. The zero-order chi connectivity index (χ0) is 13.8. The van der Waals surface area contributed by atoms with Crippen molar-refractivity contribution in [3.05, 3.63) is 5.28 Å². The second-order valence-electron chi connectivity index (χ2n) is 4.70. The molecule has 0 unspecified atom stereocenters. The molecule has 0 aliphatic carbocycles. The van der Waals surface area contributed by atoms with E-state index in [-0.39, 0.29) is 23.5 Å². The van der Waals surface area contributed by atoms with Crippen molar-refractivity contribution in [1.82, 2.24) is 15.0 Å². The average molecular weight is 287 g/mol. The van der Waals surface area contributed by atoms with Crippen LogP contribution < -0.4 is 9.64 Å². The Morgan fingerprint density at radius 3 is 2.58 bits per heavy atom. The van der Waals surface area contributed by atoms with Crippen LogP contribution in [-0.4, -0.2) is 46.9 Å². The smallest absolute Gasteiger partial charge is 0.322 e. The molecule has 0 bridgehead atoms. The summed E-state index contributed by atoms with van der Waals surface area (Å²) in [5.41, 5.74) is 0. The van der Waals surface area contributed by atoms with Crippen LogP contribution in [0.15, 0.2) is 0 Å². The average Bonchev–Trinajstić information content (AvgIpc) is 2.34. The van der Waals surface area contributed by atoms with Crippen molar-refractivity contribution in [1.29, 1.82) is 0 Å². The Balaban J connectivity index is 2.16. The molecule has 19 heavy (non-hydrogen) atoms. The molecule has 1 saturated heterocycles. The zero-order valence-electron chi connectivity index (χ0n) is 11.5. The van der Waals surface area contributed by atoms with Crippen LogP contribution in [0.2, 0.25) is 5.28 Å². The molecule has 1 aliphatic heterocycles. The molecule has 0 amide bonds. The molecule has 1 aromatic rings. The molecular formula is C12H19ClN4O2. The van der Waals surface area contributed by atoms with Gasteiger partial charge in [-0.05, 0) is 31.9 Å². The van der Waals surface area contributed by atoms with Crippen LogP contribution in [0.25, 0.3) is 0 Å². The highest BCUT2D eigenvalue weighted by molar-refractivity contribution is 6.28. The highest BCUT2D eigenvalue weighted by Gasteiger charge is 2.25. The van der Waals surface area contributed by atoms with E-state index in [2.05, 4.69) is 15.0 Å². The van der Waals surface area contributed by atoms with Gasteiger partial charge in [-0.3, -0.25) is 0 Å². The number of aromatic nitrogens is 3. The molecule has 6 nitrogen and oxygen atoms in total. The van der Waals surface area contributed by atoms with Crippen LogP contribution in [0.1, 0.15) is 27.2 Å². The van der Waals surface area contributed by atoms with Crippen molar-refractivity contribution in [3.63, 3.8) is 0 Å².